The van der Waals surface area contributed by atoms with Crippen molar-refractivity contribution in [1.29, 1.82) is 0 Å². The Hall–Kier alpha value is -1.82. The van der Waals surface area contributed by atoms with Gasteiger partial charge in [0.15, 0.2) is 6.61 Å². The van der Waals surface area contributed by atoms with Gasteiger partial charge < -0.3 is 9.84 Å². The second kappa shape index (κ2) is 5.01. The molecule has 17 heavy (non-hydrogen) atoms. The molecule has 0 amide bonds. The average molecular weight is 297 g/mol. The minimum atomic E-state index is -1.04. The van der Waals surface area contributed by atoms with Gasteiger partial charge in [0, 0.05) is 6.20 Å². The fourth-order valence-corrected chi connectivity index (χ4v) is 1.67. The van der Waals surface area contributed by atoms with E-state index in [1.807, 2.05) is 30.3 Å². The number of rotatable bonds is 4. The fraction of sp³-hybridized carbons (Fsp3) is 0.0909. The van der Waals surface area contributed by atoms with Crippen LogP contribution in [0.1, 0.15) is 0 Å². The van der Waals surface area contributed by atoms with Crippen LogP contribution in [0.5, 0.6) is 5.88 Å². The molecule has 0 atom stereocenters. The number of carboxylic acids is 1. The molecule has 6 heteroatoms. The van der Waals surface area contributed by atoms with E-state index in [0.29, 0.717) is 4.47 Å². The first-order chi connectivity index (χ1) is 8.16. The summed E-state index contributed by atoms with van der Waals surface area (Å²) in [5.41, 5.74) is 0.873. The number of carboxylic acid groups (broad SMARTS) is 1. The first-order valence-corrected chi connectivity index (χ1v) is 5.61. The molecule has 2 aromatic rings. The lowest BCUT2D eigenvalue weighted by Crippen LogP contribution is -2.10. The lowest BCUT2D eigenvalue weighted by atomic mass is 10.3. The molecule has 1 aromatic heterocycles. The maximum Gasteiger partial charge on any atom is 0.341 e. The Morgan fingerprint density at radius 2 is 2.12 bits per heavy atom. The van der Waals surface area contributed by atoms with Gasteiger partial charge in [-0.25, -0.2) is 9.48 Å². The molecular weight excluding hydrogens is 288 g/mol. The lowest BCUT2D eigenvalue weighted by molar-refractivity contribution is -0.139. The van der Waals surface area contributed by atoms with Crippen LogP contribution < -0.4 is 4.74 Å². The largest absolute Gasteiger partial charge is 0.479 e. The summed E-state index contributed by atoms with van der Waals surface area (Å²) in [6, 6.07) is 9.47. The van der Waals surface area contributed by atoms with Gasteiger partial charge in [-0.2, -0.15) is 0 Å². The molecule has 1 N–H and O–H groups in total. The summed E-state index contributed by atoms with van der Waals surface area (Å²) in [7, 11) is 0. The second-order valence-corrected chi connectivity index (χ2v) is 4.10. The number of aromatic nitrogens is 2. The monoisotopic (exact) mass is 296 g/mol. The zero-order chi connectivity index (χ0) is 12.3. The van der Waals surface area contributed by atoms with E-state index in [1.54, 1.807) is 10.9 Å². The molecule has 1 heterocycles. The Morgan fingerprint density at radius 3 is 2.76 bits per heavy atom. The van der Waals surface area contributed by atoms with Crippen LogP contribution in [-0.4, -0.2) is 27.5 Å². The van der Waals surface area contributed by atoms with Crippen molar-refractivity contribution in [3.8, 4) is 11.6 Å². The van der Waals surface area contributed by atoms with E-state index >= 15 is 0 Å². The molecule has 0 unspecified atom stereocenters. The van der Waals surface area contributed by atoms with Gasteiger partial charge in [-0.05, 0) is 28.1 Å². The summed E-state index contributed by atoms with van der Waals surface area (Å²) in [4.78, 5) is 10.4. The lowest BCUT2D eigenvalue weighted by Gasteiger charge is -2.00. The summed E-state index contributed by atoms with van der Waals surface area (Å²) < 4.78 is 7.25. The SMILES string of the molecule is O=C(O)COc1nn(-c2ccccc2)cc1Br. The van der Waals surface area contributed by atoms with Gasteiger partial charge in [-0.1, -0.05) is 18.2 Å². The highest BCUT2D eigenvalue weighted by molar-refractivity contribution is 9.10. The van der Waals surface area contributed by atoms with Crippen molar-refractivity contribution in [1.82, 2.24) is 9.78 Å². The van der Waals surface area contributed by atoms with Gasteiger partial charge in [0.2, 0.25) is 5.88 Å². The van der Waals surface area contributed by atoms with E-state index in [9.17, 15) is 4.79 Å². The highest BCUT2D eigenvalue weighted by Gasteiger charge is 2.10. The summed E-state index contributed by atoms with van der Waals surface area (Å²) in [6.45, 7) is -0.412. The first kappa shape index (κ1) is 11.7. The van der Waals surface area contributed by atoms with Gasteiger partial charge in [-0.15, -0.1) is 5.10 Å². The molecule has 0 bridgehead atoms. The maximum absolute atomic E-state index is 10.4. The van der Waals surface area contributed by atoms with Crippen molar-refractivity contribution < 1.29 is 14.6 Å². The van der Waals surface area contributed by atoms with Crippen LogP contribution in [0.4, 0.5) is 0 Å². The zero-order valence-corrected chi connectivity index (χ0v) is 10.3. The summed E-state index contributed by atoms with van der Waals surface area (Å²) in [6.07, 6.45) is 1.71. The van der Waals surface area contributed by atoms with Crippen molar-refractivity contribution in [2.24, 2.45) is 0 Å². The number of halogens is 1. The van der Waals surface area contributed by atoms with Gasteiger partial charge in [-0.3, -0.25) is 0 Å². The number of carbonyl (C=O) groups is 1. The third-order valence-electron chi connectivity index (χ3n) is 1.99. The van der Waals surface area contributed by atoms with Crippen molar-refractivity contribution >= 4 is 21.9 Å². The van der Waals surface area contributed by atoms with E-state index in [1.165, 1.54) is 0 Å². The van der Waals surface area contributed by atoms with Crippen LogP contribution in [0.2, 0.25) is 0 Å². The second-order valence-electron chi connectivity index (χ2n) is 3.24. The Kier molecular flexibility index (Phi) is 3.43. The predicted molar refractivity (Wildman–Crippen MR) is 64.4 cm³/mol. The van der Waals surface area contributed by atoms with Crippen molar-refractivity contribution in [3.63, 3.8) is 0 Å². The van der Waals surface area contributed by atoms with Crippen LogP contribution in [0.25, 0.3) is 5.69 Å². The third kappa shape index (κ3) is 2.85. The predicted octanol–water partition coefficient (Wildman–Crippen LogP) is 2.10. The summed E-state index contributed by atoms with van der Waals surface area (Å²) in [5.74, 6) is -0.776. The van der Waals surface area contributed by atoms with E-state index in [0.717, 1.165) is 5.69 Å². The number of hydrogen-bond donors (Lipinski definition) is 1. The summed E-state index contributed by atoms with van der Waals surface area (Å²) in [5, 5.41) is 12.7. The molecule has 5 nitrogen and oxygen atoms in total. The van der Waals surface area contributed by atoms with Gasteiger partial charge in [0.25, 0.3) is 0 Å². The van der Waals surface area contributed by atoms with Crippen LogP contribution in [0.15, 0.2) is 41.0 Å². The van der Waals surface area contributed by atoms with Gasteiger partial charge in [0.05, 0.1) is 10.2 Å². The zero-order valence-electron chi connectivity index (χ0n) is 8.71. The number of ether oxygens (including phenoxy) is 1. The van der Waals surface area contributed by atoms with Crippen LogP contribution >= 0.6 is 15.9 Å². The normalized spacial score (nSPS) is 10.2. The number of para-hydroxylation sites is 1. The van der Waals surface area contributed by atoms with E-state index < -0.39 is 12.6 Å². The molecule has 0 saturated heterocycles. The third-order valence-corrected chi connectivity index (χ3v) is 2.54. The molecule has 0 spiro atoms. The van der Waals surface area contributed by atoms with Crippen molar-refractivity contribution in [2.75, 3.05) is 6.61 Å². The number of nitrogens with zero attached hydrogens (tertiary/aromatic N) is 2. The fourth-order valence-electron chi connectivity index (χ4n) is 1.28. The minimum absolute atomic E-state index is 0.260. The van der Waals surface area contributed by atoms with E-state index in [2.05, 4.69) is 21.0 Å². The standard InChI is InChI=1S/C11H9BrN2O3/c12-9-6-14(8-4-2-1-3-5-8)13-11(9)17-7-10(15)16/h1-6H,7H2,(H,15,16). The average Bonchev–Trinajstić information content (AvgIpc) is 2.69. The molecule has 0 aliphatic heterocycles. The Balaban J connectivity index is 2.22. The number of hydrogen-bond acceptors (Lipinski definition) is 3. The summed E-state index contributed by atoms with van der Waals surface area (Å²) >= 11 is 3.26. The van der Waals surface area contributed by atoms with Crippen LogP contribution in [-0.2, 0) is 4.79 Å². The van der Waals surface area contributed by atoms with Crippen LogP contribution in [0.3, 0.4) is 0 Å². The molecule has 0 aliphatic carbocycles. The number of aliphatic carboxylic acids is 1. The van der Waals surface area contributed by atoms with E-state index in [4.69, 9.17) is 9.84 Å². The minimum Gasteiger partial charge on any atom is -0.479 e. The molecule has 0 fully saturated rings. The molecule has 2 rings (SSSR count). The number of benzene rings is 1. The van der Waals surface area contributed by atoms with E-state index in [-0.39, 0.29) is 5.88 Å². The van der Waals surface area contributed by atoms with Crippen molar-refractivity contribution in [2.45, 2.75) is 0 Å². The topological polar surface area (TPSA) is 64.3 Å². The van der Waals surface area contributed by atoms with Crippen LogP contribution in [0, 0.1) is 0 Å². The molecule has 0 saturated carbocycles. The van der Waals surface area contributed by atoms with Gasteiger partial charge >= 0.3 is 5.97 Å². The molecule has 88 valence electrons. The first-order valence-electron chi connectivity index (χ1n) is 4.82. The molecule has 1 aromatic carbocycles. The van der Waals surface area contributed by atoms with Crippen molar-refractivity contribution in [3.05, 3.63) is 41.0 Å². The molecular formula is C11H9BrN2O3. The van der Waals surface area contributed by atoms with Gasteiger partial charge in [0.1, 0.15) is 0 Å². The maximum atomic E-state index is 10.4. The quantitative estimate of drug-likeness (QED) is 0.938. The molecule has 0 radical (unpaired) electrons. The highest BCUT2D eigenvalue weighted by atomic mass is 79.9. The smallest absolute Gasteiger partial charge is 0.341 e. The Bertz CT molecular complexity index is 525. The Morgan fingerprint density at radius 1 is 1.41 bits per heavy atom. The molecule has 0 aliphatic rings. The highest BCUT2D eigenvalue weighted by Crippen LogP contribution is 2.24. The Labute approximate surface area is 106 Å².